The number of ether oxygens (including phenoxy) is 1. The Morgan fingerprint density at radius 3 is 2.62 bits per heavy atom. The van der Waals surface area contributed by atoms with Gasteiger partial charge in [-0.2, -0.15) is 0 Å². The van der Waals surface area contributed by atoms with Gasteiger partial charge in [0.25, 0.3) is 0 Å². The molecule has 0 radical (unpaired) electrons. The maximum absolute atomic E-state index is 6.18. The maximum Gasteiger partial charge on any atom is 0.127 e. The van der Waals surface area contributed by atoms with Crippen LogP contribution in [-0.2, 0) is 13.2 Å². The summed E-state index contributed by atoms with van der Waals surface area (Å²) in [5.41, 5.74) is 3.20. The molecule has 2 aromatic carbocycles. The standard InChI is InChI=1S/C17H19Cl2NO/c1-3-20-10-13-6-4-5-12(2)17(13)21-11-14-7-8-15(18)9-16(14)19/h4-9,20H,3,10-11H2,1-2H3. The Morgan fingerprint density at radius 2 is 1.90 bits per heavy atom. The van der Waals surface area contributed by atoms with E-state index in [1.807, 2.05) is 31.2 Å². The molecule has 0 aliphatic rings. The lowest BCUT2D eigenvalue weighted by Gasteiger charge is -2.15. The lowest BCUT2D eigenvalue weighted by molar-refractivity contribution is 0.300. The molecule has 0 fully saturated rings. The Bertz CT molecular complexity index is 614. The molecule has 0 saturated carbocycles. The quantitative estimate of drug-likeness (QED) is 0.808. The molecule has 2 nitrogen and oxygen atoms in total. The van der Waals surface area contributed by atoms with E-state index in [2.05, 4.69) is 18.3 Å². The fourth-order valence-electron chi connectivity index (χ4n) is 2.11. The molecule has 0 saturated heterocycles. The van der Waals surface area contributed by atoms with E-state index in [0.717, 1.165) is 35.5 Å². The van der Waals surface area contributed by atoms with Crippen LogP contribution in [0.25, 0.3) is 0 Å². The van der Waals surface area contributed by atoms with Crippen LogP contribution < -0.4 is 10.1 Å². The van der Waals surface area contributed by atoms with Crippen LogP contribution in [0.5, 0.6) is 5.75 Å². The van der Waals surface area contributed by atoms with Crippen molar-refractivity contribution in [3.8, 4) is 5.75 Å². The first-order chi connectivity index (χ1) is 10.1. The van der Waals surface area contributed by atoms with Crippen molar-refractivity contribution >= 4 is 23.2 Å². The third-order valence-electron chi connectivity index (χ3n) is 3.25. The number of aryl methyl sites for hydroxylation is 1. The summed E-state index contributed by atoms with van der Waals surface area (Å²) in [6.45, 7) is 6.29. The van der Waals surface area contributed by atoms with Gasteiger partial charge in [-0.05, 0) is 31.2 Å². The summed E-state index contributed by atoms with van der Waals surface area (Å²) in [5.74, 6) is 0.921. The van der Waals surface area contributed by atoms with Crippen molar-refractivity contribution in [2.75, 3.05) is 6.54 Å². The van der Waals surface area contributed by atoms with E-state index in [-0.39, 0.29) is 0 Å². The number of hydrogen-bond donors (Lipinski definition) is 1. The smallest absolute Gasteiger partial charge is 0.127 e. The van der Waals surface area contributed by atoms with Crippen molar-refractivity contribution < 1.29 is 4.74 Å². The Balaban J connectivity index is 2.15. The highest BCUT2D eigenvalue weighted by Crippen LogP contribution is 2.27. The zero-order valence-electron chi connectivity index (χ0n) is 12.2. The SMILES string of the molecule is CCNCc1cccc(C)c1OCc1ccc(Cl)cc1Cl. The largest absolute Gasteiger partial charge is 0.488 e. The van der Waals surface area contributed by atoms with E-state index < -0.39 is 0 Å². The molecule has 1 N–H and O–H groups in total. The number of hydrogen-bond acceptors (Lipinski definition) is 2. The first-order valence-corrected chi connectivity index (χ1v) is 7.73. The van der Waals surface area contributed by atoms with Gasteiger partial charge in [0.2, 0.25) is 0 Å². The number of benzene rings is 2. The van der Waals surface area contributed by atoms with Crippen LogP contribution >= 0.6 is 23.2 Å². The van der Waals surface area contributed by atoms with Crippen LogP contribution in [0.4, 0.5) is 0 Å². The molecule has 4 heteroatoms. The van der Waals surface area contributed by atoms with Gasteiger partial charge in [-0.3, -0.25) is 0 Å². The second kappa shape index (κ2) is 7.69. The van der Waals surface area contributed by atoms with Crippen molar-refractivity contribution in [2.24, 2.45) is 0 Å². The van der Waals surface area contributed by atoms with Gasteiger partial charge in [0, 0.05) is 27.7 Å². The fourth-order valence-corrected chi connectivity index (χ4v) is 2.57. The number of rotatable bonds is 6. The molecule has 0 unspecified atom stereocenters. The van der Waals surface area contributed by atoms with Crippen LogP contribution in [0.3, 0.4) is 0 Å². The van der Waals surface area contributed by atoms with Crippen molar-refractivity contribution in [1.29, 1.82) is 0 Å². The predicted molar refractivity (Wildman–Crippen MR) is 89.4 cm³/mol. The van der Waals surface area contributed by atoms with Crippen molar-refractivity contribution in [3.63, 3.8) is 0 Å². The van der Waals surface area contributed by atoms with Gasteiger partial charge in [0.1, 0.15) is 12.4 Å². The lowest BCUT2D eigenvalue weighted by atomic mass is 10.1. The Morgan fingerprint density at radius 1 is 1.10 bits per heavy atom. The van der Waals surface area contributed by atoms with Crippen LogP contribution in [0.2, 0.25) is 10.0 Å². The van der Waals surface area contributed by atoms with Gasteiger partial charge in [0.15, 0.2) is 0 Å². The Hall–Kier alpha value is -1.22. The van der Waals surface area contributed by atoms with E-state index in [1.165, 1.54) is 0 Å². The minimum atomic E-state index is 0.431. The van der Waals surface area contributed by atoms with E-state index in [4.69, 9.17) is 27.9 Å². The van der Waals surface area contributed by atoms with Crippen molar-refractivity contribution in [2.45, 2.75) is 27.0 Å². The summed E-state index contributed by atoms with van der Waals surface area (Å²) >= 11 is 12.1. The highest BCUT2D eigenvalue weighted by molar-refractivity contribution is 6.35. The number of halogens is 2. The minimum Gasteiger partial charge on any atom is -0.488 e. The Kier molecular flexibility index (Phi) is 5.92. The second-order valence-electron chi connectivity index (χ2n) is 4.87. The molecular weight excluding hydrogens is 305 g/mol. The van der Waals surface area contributed by atoms with Gasteiger partial charge >= 0.3 is 0 Å². The van der Waals surface area contributed by atoms with E-state index in [9.17, 15) is 0 Å². The second-order valence-corrected chi connectivity index (χ2v) is 5.71. The molecule has 0 aliphatic heterocycles. The normalized spacial score (nSPS) is 10.7. The van der Waals surface area contributed by atoms with Gasteiger partial charge in [0.05, 0.1) is 0 Å². The molecule has 112 valence electrons. The monoisotopic (exact) mass is 323 g/mol. The topological polar surface area (TPSA) is 21.3 Å². The minimum absolute atomic E-state index is 0.431. The van der Waals surface area contributed by atoms with Crippen LogP contribution in [0.15, 0.2) is 36.4 Å². The zero-order chi connectivity index (χ0) is 15.2. The van der Waals surface area contributed by atoms with E-state index in [1.54, 1.807) is 6.07 Å². The third-order valence-corrected chi connectivity index (χ3v) is 3.83. The highest BCUT2D eigenvalue weighted by Gasteiger charge is 2.08. The van der Waals surface area contributed by atoms with Crippen LogP contribution in [0, 0.1) is 6.92 Å². The molecule has 0 heterocycles. The summed E-state index contributed by atoms with van der Waals surface area (Å²) in [6, 6.07) is 11.6. The molecule has 0 spiro atoms. The maximum atomic E-state index is 6.18. The fraction of sp³-hybridized carbons (Fsp3) is 0.294. The summed E-state index contributed by atoms with van der Waals surface area (Å²) in [6.07, 6.45) is 0. The average molecular weight is 324 g/mol. The molecule has 0 aromatic heterocycles. The molecular formula is C17H19Cl2NO. The van der Waals surface area contributed by atoms with Gasteiger partial charge in [-0.25, -0.2) is 0 Å². The molecule has 21 heavy (non-hydrogen) atoms. The van der Waals surface area contributed by atoms with Gasteiger partial charge in [-0.15, -0.1) is 0 Å². The van der Waals surface area contributed by atoms with Crippen molar-refractivity contribution in [3.05, 3.63) is 63.1 Å². The molecule has 0 aliphatic carbocycles. The number of para-hydroxylation sites is 1. The average Bonchev–Trinajstić information content (AvgIpc) is 2.45. The van der Waals surface area contributed by atoms with Gasteiger partial charge in [-0.1, -0.05) is 54.4 Å². The summed E-state index contributed by atoms with van der Waals surface area (Å²) in [5, 5.41) is 4.59. The first kappa shape index (κ1) is 16.2. The highest BCUT2D eigenvalue weighted by atomic mass is 35.5. The summed E-state index contributed by atoms with van der Waals surface area (Å²) in [4.78, 5) is 0. The van der Waals surface area contributed by atoms with Crippen LogP contribution in [-0.4, -0.2) is 6.54 Å². The van der Waals surface area contributed by atoms with E-state index >= 15 is 0 Å². The number of nitrogens with one attached hydrogen (secondary N) is 1. The van der Waals surface area contributed by atoms with Gasteiger partial charge < -0.3 is 10.1 Å². The molecule has 0 atom stereocenters. The third kappa shape index (κ3) is 4.37. The van der Waals surface area contributed by atoms with E-state index in [0.29, 0.717) is 16.7 Å². The first-order valence-electron chi connectivity index (χ1n) is 6.97. The van der Waals surface area contributed by atoms with Crippen LogP contribution in [0.1, 0.15) is 23.6 Å². The molecule has 2 rings (SSSR count). The molecule has 0 amide bonds. The lowest BCUT2D eigenvalue weighted by Crippen LogP contribution is -2.13. The molecule has 2 aromatic rings. The summed E-state index contributed by atoms with van der Waals surface area (Å²) < 4.78 is 6.00. The molecule has 0 bridgehead atoms. The zero-order valence-corrected chi connectivity index (χ0v) is 13.8. The van der Waals surface area contributed by atoms with Crippen molar-refractivity contribution in [1.82, 2.24) is 5.32 Å². The predicted octanol–water partition coefficient (Wildman–Crippen LogP) is 4.99. The summed E-state index contributed by atoms with van der Waals surface area (Å²) in [7, 11) is 0. The Labute approximate surface area is 136 Å².